The molecule has 0 atom stereocenters. The maximum Gasteiger partial charge on any atom is 0.253 e. The molecule has 6 nitrogen and oxygen atoms in total. The molecular formula is C24H31N3O3. The zero-order valence-corrected chi connectivity index (χ0v) is 17.7. The van der Waals surface area contributed by atoms with Gasteiger partial charge in [0.05, 0.1) is 23.9 Å². The van der Waals surface area contributed by atoms with E-state index in [4.69, 9.17) is 4.74 Å². The second-order valence-corrected chi connectivity index (χ2v) is 8.10. The van der Waals surface area contributed by atoms with E-state index in [0.717, 1.165) is 24.3 Å². The normalized spacial score (nSPS) is 13.8. The maximum atomic E-state index is 12.5. The first-order chi connectivity index (χ1) is 14.5. The number of amides is 2. The van der Waals surface area contributed by atoms with Crippen molar-refractivity contribution in [1.82, 2.24) is 5.32 Å². The van der Waals surface area contributed by atoms with E-state index in [0.29, 0.717) is 29.8 Å². The Kier molecular flexibility index (Phi) is 7.71. The first-order valence-electron chi connectivity index (χ1n) is 10.7. The molecule has 0 aliphatic heterocycles. The Balaban J connectivity index is 1.54. The third-order valence-electron chi connectivity index (χ3n) is 5.01. The van der Waals surface area contributed by atoms with Gasteiger partial charge in [-0.1, -0.05) is 32.0 Å². The highest BCUT2D eigenvalue weighted by molar-refractivity contribution is 6.04. The Morgan fingerprint density at radius 3 is 2.60 bits per heavy atom. The lowest BCUT2D eigenvalue weighted by Gasteiger charge is -2.15. The highest BCUT2D eigenvalue weighted by Crippen LogP contribution is 2.25. The molecule has 160 valence electrons. The molecule has 2 aromatic rings. The van der Waals surface area contributed by atoms with Crippen LogP contribution in [0.5, 0.6) is 5.75 Å². The van der Waals surface area contributed by atoms with E-state index in [1.807, 2.05) is 38.1 Å². The molecular weight excluding hydrogens is 378 g/mol. The second-order valence-electron chi connectivity index (χ2n) is 8.10. The minimum Gasteiger partial charge on any atom is -0.490 e. The van der Waals surface area contributed by atoms with Crippen molar-refractivity contribution in [3.63, 3.8) is 0 Å². The smallest absolute Gasteiger partial charge is 0.253 e. The van der Waals surface area contributed by atoms with Gasteiger partial charge in [0.1, 0.15) is 5.75 Å². The average Bonchev–Trinajstić information content (AvgIpc) is 3.24. The van der Waals surface area contributed by atoms with Crippen LogP contribution in [0.3, 0.4) is 0 Å². The summed E-state index contributed by atoms with van der Waals surface area (Å²) in [6.07, 6.45) is 4.94. The molecule has 1 fully saturated rings. The van der Waals surface area contributed by atoms with Crippen LogP contribution in [0.25, 0.3) is 0 Å². The first kappa shape index (κ1) is 21.7. The average molecular weight is 410 g/mol. The van der Waals surface area contributed by atoms with Crippen LogP contribution < -0.4 is 20.7 Å². The zero-order valence-electron chi connectivity index (χ0n) is 17.7. The van der Waals surface area contributed by atoms with Gasteiger partial charge < -0.3 is 20.7 Å². The van der Waals surface area contributed by atoms with E-state index < -0.39 is 0 Å². The van der Waals surface area contributed by atoms with Gasteiger partial charge in [-0.2, -0.15) is 0 Å². The molecule has 1 aliphatic carbocycles. The van der Waals surface area contributed by atoms with E-state index in [9.17, 15) is 9.59 Å². The summed E-state index contributed by atoms with van der Waals surface area (Å²) in [5.74, 6) is 0.762. The Morgan fingerprint density at radius 1 is 1.07 bits per heavy atom. The summed E-state index contributed by atoms with van der Waals surface area (Å²) in [4.78, 5) is 24.9. The fourth-order valence-corrected chi connectivity index (χ4v) is 3.44. The molecule has 0 saturated heterocycles. The van der Waals surface area contributed by atoms with Crippen molar-refractivity contribution in [2.75, 3.05) is 23.7 Å². The van der Waals surface area contributed by atoms with Gasteiger partial charge in [0, 0.05) is 18.3 Å². The predicted octanol–water partition coefficient (Wildman–Crippen LogP) is 4.44. The Hall–Kier alpha value is -3.02. The summed E-state index contributed by atoms with van der Waals surface area (Å²) in [5.41, 5.74) is 1.78. The maximum absolute atomic E-state index is 12.5. The number of carbonyl (C=O) groups excluding carboxylic acids is 2. The Bertz CT molecular complexity index is 860. The van der Waals surface area contributed by atoms with Gasteiger partial charge in [0.2, 0.25) is 5.91 Å². The summed E-state index contributed by atoms with van der Waals surface area (Å²) in [6.45, 7) is 4.75. The van der Waals surface area contributed by atoms with Crippen molar-refractivity contribution in [1.29, 1.82) is 0 Å². The van der Waals surface area contributed by atoms with Crippen LogP contribution in [0.4, 0.5) is 11.4 Å². The highest BCUT2D eigenvalue weighted by atomic mass is 16.5. The lowest BCUT2D eigenvalue weighted by Crippen LogP contribution is -2.29. The predicted molar refractivity (Wildman–Crippen MR) is 120 cm³/mol. The number of para-hydroxylation sites is 1. The van der Waals surface area contributed by atoms with Gasteiger partial charge in [0.15, 0.2) is 0 Å². The van der Waals surface area contributed by atoms with Crippen molar-refractivity contribution in [3.05, 3.63) is 54.1 Å². The van der Waals surface area contributed by atoms with Crippen LogP contribution in [0, 0.1) is 5.92 Å². The fraction of sp³-hybridized carbons (Fsp3) is 0.417. The third kappa shape index (κ3) is 6.51. The van der Waals surface area contributed by atoms with Crippen molar-refractivity contribution < 1.29 is 14.3 Å². The summed E-state index contributed by atoms with van der Waals surface area (Å²) >= 11 is 0. The molecule has 1 saturated carbocycles. The number of anilines is 2. The molecule has 3 rings (SSSR count). The van der Waals surface area contributed by atoms with Gasteiger partial charge in [-0.3, -0.25) is 9.59 Å². The number of ether oxygens (including phenoxy) is 1. The standard InChI is InChI=1S/C24H31N3O3/c1-17(2)15-26-24(29)21-12-5-6-13-22(21)27-23(28)16-25-18-8-7-11-20(14-18)30-19-9-3-4-10-19/h5-8,11-14,17,19,25H,3-4,9-10,15-16H2,1-2H3,(H,26,29)(H,27,28). The van der Waals surface area contributed by atoms with Crippen LogP contribution in [-0.2, 0) is 4.79 Å². The molecule has 0 radical (unpaired) electrons. The summed E-state index contributed by atoms with van der Waals surface area (Å²) < 4.78 is 6.02. The molecule has 2 aromatic carbocycles. The summed E-state index contributed by atoms with van der Waals surface area (Å²) in [7, 11) is 0. The summed E-state index contributed by atoms with van der Waals surface area (Å²) in [5, 5.41) is 8.84. The first-order valence-corrected chi connectivity index (χ1v) is 10.7. The minimum absolute atomic E-state index is 0.0921. The number of hydrogen-bond donors (Lipinski definition) is 3. The van der Waals surface area contributed by atoms with Gasteiger partial charge in [-0.15, -0.1) is 0 Å². The zero-order chi connectivity index (χ0) is 21.3. The molecule has 0 heterocycles. The van der Waals surface area contributed by atoms with E-state index in [1.54, 1.807) is 24.3 Å². The molecule has 6 heteroatoms. The van der Waals surface area contributed by atoms with E-state index in [-0.39, 0.29) is 18.4 Å². The van der Waals surface area contributed by atoms with E-state index in [1.165, 1.54) is 12.8 Å². The molecule has 0 spiro atoms. The van der Waals surface area contributed by atoms with Crippen LogP contribution in [-0.4, -0.2) is 31.0 Å². The number of carbonyl (C=O) groups is 2. The molecule has 0 bridgehead atoms. The second kappa shape index (κ2) is 10.7. The molecule has 0 aromatic heterocycles. The number of rotatable bonds is 9. The van der Waals surface area contributed by atoms with Crippen LogP contribution >= 0.6 is 0 Å². The van der Waals surface area contributed by atoms with Gasteiger partial charge >= 0.3 is 0 Å². The third-order valence-corrected chi connectivity index (χ3v) is 5.01. The SMILES string of the molecule is CC(C)CNC(=O)c1ccccc1NC(=O)CNc1cccc(OC2CCCC2)c1. The molecule has 30 heavy (non-hydrogen) atoms. The number of benzene rings is 2. The lowest BCUT2D eigenvalue weighted by molar-refractivity contribution is -0.114. The van der Waals surface area contributed by atoms with Crippen LogP contribution in [0.2, 0.25) is 0 Å². The van der Waals surface area contributed by atoms with Crippen LogP contribution in [0.15, 0.2) is 48.5 Å². The molecule has 2 amide bonds. The molecule has 0 unspecified atom stereocenters. The quantitative estimate of drug-likeness (QED) is 0.572. The van der Waals surface area contributed by atoms with Gasteiger partial charge in [-0.05, 0) is 55.9 Å². The van der Waals surface area contributed by atoms with Crippen molar-refractivity contribution in [3.8, 4) is 5.75 Å². The van der Waals surface area contributed by atoms with Gasteiger partial charge in [-0.25, -0.2) is 0 Å². The Morgan fingerprint density at radius 2 is 1.83 bits per heavy atom. The molecule has 1 aliphatic rings. The number of hydrogen-bond acceptors (Lipinski definition) is 4. The van der Waals surface area contributed by atoms with Crippen molar-refractivity contribution in [2.24, 2.45) is 5.92 Å². The Labute approximate surface area is 178 Å². The fourth-order valence-electron chi connectivity index (χ4n) is 3.44. The van der Waals surface area contributed by atoms with Crippen molar-refractivity contribution in [2.45, 2.75) is 45.6 Å². The summed E-state index contributed by atoms with van der Waals surface area (Å²) in [6, 6.07) is 14.7. The highest BCUT2D eigenvalue weighted by Gasteiger charge is 2.17. The molecule has 3 N–H and O–H groups in total. The lowest BCUT2D eigenvalue weighted by atomic mass is 10.1. The monoisotopic (exact) mass is 409 g/mol. The number of nitrogens with one attached hydrogen (secondary N) is 3. The largest absolute Gasteiger partial charge is 0.490 e. The van der Waals surface area contributed by atoms with E-state index in [2.05, 4.69) is 16.0 Å². The topological polar surface area (TPSA) is 79.5 Å². The van der Waals surface area contributed by atoms with Gasteiger partial charge in [0.25, 0.3) is 5.91 Å². The van der Waals surface area contributed by atoms with E-state index >= 15 is 0 Å². The minimum atomic E-state index is -0.221. The van der Waals surface area contributed by atoms with Crippen molar-refractivity contribution >= 4 is 23.2 Å². The van der Waals surface area contributed by atoms with Crippen LogP contribution in [0.1, 0.15) is 49.9 Å².